The van der Waals surface area contributed by atoms with E-state index in [1.54, 1.807) is 0 Å². The standard InChI is InChI=1S/C33H63NO2/c1-3-5-7-9-11-12-13-14-15-16-17-18-19-20-22-26-32-36-33(27-30-34-28-23-24-29-34)35-31-25-21-10-8-6-4-2/h11-12,14-15,33H,3-10,13,16-32H2,1-2H3. The molecule has 0 radical (unpaired) electrons. The molecular weight excluding hydrogens is 442 g/mol. The van der Waals surface area contributed by atoms with Crippen LogP contribution in [0.1, 0.15) is 149 Å². The molecule has 3 heteroatoms. The first-order valence-electron chi connectivity index (χ1n) is 16.1. The van der Waals surface area contributed by atoms with Crippen molar-refractivity contribution in [2.75, 3.05) is 32.8 Å². The number of unbranched alkanes of at least 4 members (excludes halogenated alkanes) is 14. The number of allylic oxidation sites excluding steroid dienone is 4. The van der Waals surface area contributed by atoms with Crippen LogP contribution in [-0.4, -0.2) is 44.0 Å². The molecule has 1 rings (SSSR count). The fraction of sp³-hybridized carbons (Fsp3) is 0.879. The van der Waals surface area contributed by atoms with Crippen LogP contribution >= 0.6 is 0 Å². The lowest BCUT2D eigenvalue weighted by atomic mass is 10.1. The van der Waals surface area contributed by atoms with E-state index in [4.69, 9.17) is 9.47 Å². The molecule has 0 bridgehead atoms. The number of hydrogen-bond acceptors (Lipinski definition) is 3. The molecule has 1 heterocycles. The Balaban J connectivity index is 1.99. The molecule has 212 valence electrons. The smallest absolute Gasteiger partial charge is 0.158 e. The predicted octanol–water partition coefficient (Wildman–Crippen LogP) is 10.0. The van der Waals surface area contributed by atoms with Crippen LogP contribution in [0.2, 0.25) is 0 Å². The highest BCUT2D eigenvalue weighted by molar-refractivity contribution is 4.92. The second kappa shape index (κ2) is 27.4. The predicted molar refractivity (Wildman–Crippen MR) is 159 cm³/mol. The number of ether oxygens (including phenoxy) is 2. The van der Waals surface area contributed by atoms with Crippen molar-refractivity contribution in [1.82, 2.24) is 4.90 Å². The first-order valence-corrected chi connectivity index (χ1v) is 16.1. The van der Waals surface area contributed by atoms with Crippen LogP contribution in [0.3, 0.4) is 0 Å². The van der Waals surface area contributed by atoms with E-state index < -0.39 is 0 Å². The van der Waals surface area contributed by atoms with Crippen molar-refractivity contribution >= 4 is 0 Å². The maximum atomic E-state index is 6.20. The molecule has 0 aliphatic carbocycles. The third-order valence-corrected chi connectivity index (χ3v) is 7.33. The van der Waals surface area contributed by atoms with Gasteiger partial charge in [-0.2, -0.15) is 0 Å². The number of nitrogens with zero attached hydrogens (tertiary/aromatic N) is 1. The van der Waals surface area contributed by atoms with Crippen molar-refractivity contribution in [2.24, 2.45) is 0 Å². The zero-order chi connectivity index (χ0) is 25.8. The fourth-order valence-corrected chi connectivity index (χ4v) is 4.91. The Morgan fingerprint density at radius 3 is 1.64 bits per heavy atom. The van der Waals surface area contributed by atoms with Crippen LogP contribution in [0.5, 0.6) is 0 Å². The van der Waals surface area contributed by atoms with Gasteiger partial charge in [-0.05, 0) is 70.9 Å². The van der Waals surface area contributed by atoms with Crippen LogP contribution < -0.4 is 0 Å². The first kappa shape index (κ1) is 33.4. The molecule has 1 saturated heterocycles. The lowest BCUT2D eigenvalue weighted by molar-refractivity contribution is -0.149. The summed E-state index contributed by atoms with van der Waals surface area (Å²) in [5, 5.41) is 0. The molecule has 1 atom stereocenters. The first-order chi connectivity index (χ1) is 17.9. The molecular formula is C33H63NO2. The van der Waals surface area contributed by atoms with Gasteiger partial charge in [-0.25, -0.2) is 0 Å². The van der Waals surface area contributed by atoms with Gasteiger partial charge in [-0.1, -0.05) is 109 Å². The number of hydrogen-bond donors (Lipinski definition) is 0. The summed E-state index contributed by atoms with van der Waals surface area (Å²) in [4.78, 5) is 2.57. The quantitative estimate of drug-likeness (QED) is 0.0629. The van der Waals surface area contributed by atoms with Gasteiger partial charge in [-0.3, -0.25) is 0 Å². The highest BCUT2D eigenvalue weighted by Crippen LogP contribution is 2.13. The Labute approximate surface area is 226 Å². The Hall–Kier alpha value is -0.640. The Kier molecular flexibility index (Phi) is 25.4. The second-order valence-corrected chi connectivity index (χ2v) is 10.9. The lowest BCUT2D eigenvalue weighted by Gasteiger charge is -2.22. The van der Waals surface area contributed by atoms with Crippen LogP contribution in [0.15, 0.2) is 24.3 Å². The van der Waals surface area contributed by atoms with Crippen molar-refractivity contribution < 1.29 is 9.47 Å². The minimum Gasteiger partial charge on any atom is -0.353 e. The summed E-state index contributed by atoms with van der Waals surface area (Å²) < 4.78 is 12.4. The number of likely N-dealkylation sites (tertiary alicyclic amines) is 1. The van der Waals surface area contributed by atoms with E-state index in [0.717, 1.165) is 32.6 Å². The topological polar surface area (TPSA) is 21.7 Å². The van der Waals surface area contributed by atoms with Crippen molar-refractivity contribution in [3.8, 4) is 0 Å². The molecule has 1 fully saturated rings. The van der Waals surface area contributed by atoms with Gasteiger partial charge in [0.2, 0.25) is 0 Å². The maximum Gasteiger partial charge on any atom is 0.158 e. The van der Waals surface area contributed by atoms with Gasteiger partial charge in [0.05, 0.1) is 0 Å². The molecule has 0 spiro atoms. The summed E-state index contributed by atoms with van der Waals surface area (Å²) in [6, 6.07) is 0. The van der Waals surface area contributed by atoms with Crippen molar-refractivity contribution in [2.45, 2.75) is 155 Å². The molecule has 1 aliphatic heterocycles. The number of rotatable bonds is 27. The highest BCUT2D eigenvalue weighted by Gasteiger charge is 2.15. The van der Waals surface area contributed by atoms with Gasteiger partial charge in [-0.15, -0.1) is 0 Å². The van der Waals surface area contributed by atoms with Crippen LogP contribution in [0, 0.1) is 0 Å². The van der Waals surface area contributed by atoms with E-state index in [1.165, 1.54) is 135 Å². The fourth-order valence-electron chi connectivity index (χ4n) is 4.91. The van der Waals surface area contributed by atoms with E-state index in [1.807, 2.05) is 0 Å². The monoisotopic (exact) mass is 505 g/mol. The summed E-state index contributed by atoms with van der Waals surface area (Å²) in [5.74, 6) is 0. The van der Waals surface area contributed by atoms with Gasteiger partial charge in [0.15, 0.2) is 6.29 Å². The minimum atomic E-state index is -0.000727. The third kappa shape index (κ3) is 22.5. The molecule has 0 amide bonds. The van der Waals surface area contributed by atoms with Crippen LogP contribution in [-0.2, 0) is 9.47 Å². The summed E-state index contributed by atoms with van der Waals surface area (Å²) in [6.45, 7) is 9.91. The van der Waals surface area contributed by atoms with Crippen molar-refractivity contribution in [1.29, 1.82) is 0 Å². The minimum absolute atomic E-state index is 0.000727. The summed E-state index contributed by atoms with van der Waals surface area (Å²) in [7, 11) is 0. The molecule has 3 nitrogen and oxygen atoms in total. The average Bonchev–Trinajstić information content (AvgIpc) is 3.41. The van der Waals surface area contributed by atoms with Crippen LogP contribution in [0.25, 0.3) is 0 Å². The van der Waals surface area contributed by atoms with E-state index in [0.29, 0.717) is 0 Å². The normalized spacial score (nSPS) is 15.6. The largest absolute Gasteiger partial charge is 0.353 e. The van der Waals surface area contributed by atoms with Gasteiger partial charge < -0.3 is 14.4 Å². The third-order valence-electron chi connectivity index (χ3n) is 7.33. The molecule has 0 N–H and O–H groups in total. The Morgan fingerprint density at radius 2 is 1.06 bits per heavy atom. The van der Waals surface area contributed by atoms with Gasteiger partial charge in [0.25, 0.3) is 0 Å². The zero-order valence-electron chi connectivity index (χ0n) is 24.5. The van der Waals surface area contributed by atoms with E-state index >= 15 is 0 Å². The Morgan fingerprint density at radius 1 is 0.583 bits per heavy atom. The molecule has 1 unspecified atom stereocenters. The van der Waals surface area contributed by atoms with Crippen molar-refractivity contribution in [3.63, 3.8) is 0 Å². The summed E-state index contributed by atoms with van der Waals surface area (Å²) in [5.41, 5.74) is 0. The maximum absolute atomic E-state index is 6.20. The molecule has 1 aliphatic rings. The SMILES string of the molecule is CCCCCC=CCC=CCCCCCCCCOC(CCN1CCCC1)OCCCCCCCC. The molecule has 0 aromatic rings. The van der Waals surface area contributed by atoms with Crippen molar-refractivity contribution in [3.05, 3.63) is 24.3 Å². The van der Waals surface area contributed by atoms with Gasteiger partial charge in [0, 0.05) is 26.2 Å². The van der Waals surface area contributed by atoms with E-state index in [-0.39, 0.29) is 6.29 Å². The van der Waals surface area contributed by atoms with Gasteiger partial charge >= 0.3 is 0 Å². The Bertz CT molecular complexity index is 484. The van der Waals surface area contributed by atoms with Crippen LogP contribution in [0.4, 0.5) is 0 Å². The van der Waals surface area contributed by atoms with E-state index in [9.17, 15) is 0 Å². The molecule has 0 saturated carbocycles. The molecule has 0 aromatic heterocycles. The summed E-state index contributed by atoms with van der Waals surface area (Å²) in [6.07, 6.45) is 36.5. The zero-order valence-corrected chi connectivity index (χ0v) is 24.5. The van der Waals surface area contributed by atoms with E-state index in [2.05, 4.69) is 43.1 Å². The summed E-state index contributed by atoms with van der Waals surface area (Å²) >= 11 is 0. The van der Waals surface area contributed by atoms with Gasteiger partial charge in [0.1, 0.15) is 0 Å². The average molecular weight is 506 g/mol. The molecule has 0 aromatic carbocycles. The molecule has 36 heavy (non-hydrogen) atoms. The highest BCUT2D eigenvalue weighted by atomic mass is 16.7. The lowest BCUT2D eigenvalue weighted by Crippen LogP contribution is -2.27. The second-order valence-electron chi connectivity index (χ2n) is 10.9.